The van der Waals surface area contributed by atoms with Crippen molar-refractivity contribution in [3.05, 3.63) is 17.5 Å². The summed E-state index contributed by atoms with van der Waals surface area (Å²) in [6, 6.07) is 1.09. The smallest absolute Gasteiger partial charge is 0.435 e. The van der Waals surface area contributed by atoms with Crippen molar-refractivity contribution in [1.29, 1.82) is 0 Å². The molecule has 2 aromatic rings. The van der Waals surface area contributed by atoms with E-state index in [-0.39, 0.29) is 36.4 Å². The molecule has 2 aromatic heterocycles. The Morgan fingerprint density at radius 2 is 2.03 bits per heavy atom. The Hall–Kier alpha value is -3.09. The molecule has 2 N–H and O–H groups in total. The summed E-state index contributed by atoms with van der Waals surface area (Å²) in [5.41, 5.74) is -0.475. The zero-order chi connectivity index (χ0) is 26.1. The van der Waals surface area contributed by atoms with Crippen LogP contribution in [0.25, 0.3) is 0 Å². The summed E-state index contributed by atoms with van der Waals surface area (Å²) in [5, 5.41) is 17.1. The summed E-state index contributed by atoms with van der Waals surface area (Å²) < 4.78 is 46.5. The molecule has 2 fully saturated rings. The lowest BCUT2D eigenvalue weighted by Gasteiger charge is -2.48. The summed E-state index contributed by atoms with van der Waals surface area (Å²) in [6.07, 6.45) is 0.199. The largest absolute Gasteiger partial charge is 0.478 e. The van der Waals surface area contributed by atoms with Gasteiger partial charge in [-0.1, -0.05) is 0 Å². The van der Waals surface area contributed by atoms with E-state index in [1.807, 2.05) is 0 Å². The molecule has 0 aromatic carbocycles. The van der Waals surface area contributed by atoms with Crippen molar-refractivity contribution in [3.8, 4) is 5.88 Å². The van der Waals surface area contributed by atoms with Gasteiger partial charge in [-0.25, -0.2) is 9.67 Å². The second-order valence-electron chi connectivity index (χ2n) is 10.7. The molecular formula is C24H30F3N7O3. The molecule has 2 aliphatic carbocycles. The van der Waals surface area contributed by atoms with Crippen LogP contribution in [0.3, 0.4) is 0 Å². The maximum atomic E-state index is 13.1. The molecule has 4 aliphatic rings. The normalized spacial score (nSPS) is 27.1. The SMILES string of the molecule is CN1c2nc(N[C@H]3C[C@@H](COc4cc(C(F)(F)F)nn4C4CC4)C3)nc3c2N(CCC3)C(=O)[C@]1(C)CO. The van der Waals surface area contributed by atoms with Gasteiger partial charge in [0.15, 0.2) is 11.5 Å². The fourth-order valence-electron chi connectivity index (χ4n) is 5.38. The molecule has 1 amide bonds. The van der Waals surface area contributed by atoms with E-state index in [0.717, 1.165) is 56.0 Å². The average molecular weight is 522 g/mol. The number of anilines is 3. The van der Waals surface area contributed by atoms with E-state index < -0.39 is 17.4 Å². The van der Waals surface area contributed by atoms with Crippen molar-refractivity contribution in [1.82, 2.24) is 19.7 Å². The van der Waals surface area contributed by atoms with Crippen LogP contribution in [0.1, 0.15) is 56.5 Å². The number of alkyl halides is 3. The zero-order valence-corrected chi connectivity index (χ0v) is 20.8. The van der Waals surface area contributed by atoms with Gasteiger partial charge in [0.1, 0.15) is 11.2 Å². The van der Waals surface area contributed by atoms with Crippen LogP contribution in [0.5, 0.6) is 5.88 Å². The van der Waals surface area contributed by atoms with Crippen LogP contribution in [-0.4, -0.2) is 69.1 Å². The van der Waals surface area contributed by atoms with Crippen molar-refractivity contribution in [2.75, 3.05) is 41.9 Å². The summed E-state index contributed by atoms with van der Waals surface area (Å²) in [4.78, 5) is 25.9. The summed E-state index contributed by atoms with van der Waals surface area (Å²) >= 11 is 0. The number of hydrogen-bond acceptors (Lipinski definition) is 8. The molecule has 0 unspecified atom stereocenters. The monoisotopic (exact) mass is 521 g/mol. The van der Waals surface area contributed by atoms with E-state index in [2.05, 4.69) is 10.4 Å². The van der Waals surface area contributed by atoms with Crippen LogP contribution in [0.4, 0.5) is 30.6 Å². The Bertz CT molecular complexity index is 1220. The molecule has 0 spiro atoms. The number of hydrogen-bond donors (Lipinski definition) is 2. The molecule has 10 nitrogen and oxygen atoms in total. The predicted octanol–water partition coefficient (Wildman–Crippen LogP) is 2.78. The standard InChI is InChI=1S/C24H30F3N7O3/c1-23(12-35)21(36)33-7-3-4-16-19(33)20(32(23)2)30-22(29-16)28-14-8-13(9-14)11-37-18-10-17(24(25,26)27)31-34(18)15-5-6-15/h10,13-15,35H,3-9,11-12H2,1-2H3,(H,28,29,30)/t13-,14+,23-/m0/s1. The van der Waals surface area contributed by atoms with Crippen molar-refractivity contribution in [2.45, 2.75) is 69.2 Å². The van der Waals surface area contributed by atoms with E-state index in [0.29, 0.717) is 24.9 Å². The van der Waals surface area contributed by atoms with Crippen LogP contribution >= 0.6 is 0 Å². The highest BCUT2D eigenvalue weighted by atomic mass is 19.4. The highest BCUT2D eigenvalue weighted by Gasteiger charge is 2.49. The highest BCUT2D eigenvalue weighted by molar-refractivity contribution is 6.08. The number of aryl methyl sites for hydroxylation is 1. The third-order valence-electron chi connectivity index (χ3n) is 8.00. The molecule has 37 heavy (non-hydrogen) atoms. The van der Waals surface area contributed by atoms with E-state index in [4.69, 9.17) is 14.7 Å². The molecule has 2 aliphatic heterocycles. The first-order valence-corrected chi connectivity index (χ1v) is 12.7. The van der Waals surface area contributed by atoms with Crippen molar-refractivity contribution >= 4 is 23.4 Å². The number of aliphatic hydroxyl groups excluding tert-OH is 1. The number of aromatic nitrogens is 4. The van der Waals surface area contributed by atoms with Gasteiger partial charge in [0.05, 0.1) is 24.9 Å². The van der Waals surface area contributed by atoms with E-state index in [1.54, 1.807) is 23.8 Å². The van der Waals surface area contributed by atoms with Gasteiger partial charge < -0.3 is 25.0 Å². The van der Waals surface area contributed by atoms with Crippen molar-refractivity contribution in [3.63, 3.8) is 0 Å². The molecule has 6 rings (SSSR count). The second-order valence-corrected chi connectivity index (χ2v) is 10.7. The van der Waals surface area contributed by atoms with Crippen LogP contribution in [0.15, 0.2) is 6.07 Å². The van der Waals surface area contributed by atoms with Crippen LogP contribution in [0, 0.1) is 5.92 Å². The van der Waals surface area contributed by atoms with Gasteiger partial charge in [0, 0.05) is 25.7 Å². The molecule has 1 atom stereocenters. The molecule has 13 heteroatoms. The minimum absolute atomic E-state index is 0.0128. The van der Waals surface area contributed by atoms with Gasteiger partial charge in [0.2, 0.25) is 11.8 Å². The summed E-state index contributed by atoms with van der Waals surface area (Å²) in [6.45, 7) is 2.28. The molecule has 200 valence electrons. The number of carbonyl (C=O) groups is 1. The minimum Gasteiger partial charge on any atom is -0.478 e. The zero-order valence-electron chi connectivity index (χ0n) is 20.8. The third kappa shape index (κ3) is 4.07. The highest BCUT2D eigenvalue weighted by Crippen LogP contribution is 2.44. The lowest BCUT2D eigenvalue weighted by atomic mass is 9.81. The van der Waals surface area contributed by atoms with Gasteiger partial charge in [0.25, 0.3) is 5.91 Å². The second kappa shape index (κ2) is 8.47. The third-order valence-corrected chi connectivity index (χ3v) is 8.00. The van der Waals surface area contributed by atoms with Crippen LogP contribution < -0.4 is 19.9 Å². The first-order chi connectivity index (χ1) is 17.6. The number of rotatable bonds is 7. The number of nitrogens with one attached hydrogen (secondary N) is 1. The average Bonchev–Trinajstić information content (AvgIpc) is 3.59. The Morgan fingerprint density at radius 1 is 1.27 bits per heavy atom. The summed E-state index contributed by atoms with van der Waals surface area (Å²) in [7, 11) is 1.76. The lowest BCUT2D eigenvalue weighted by molar-refractivity contribution is -0.141. The van der Waals surface area contributed by atoms with Gasteiger partial charge in [-0.3, -0.25) is 4.79 Å². The van der Waals surface area contributed by atoms with Crippen LogP contribution in [0.2, 0.25) is 0 Å². The molecule has 2 saturated carbocycles. The number of amides is 1. The summed E-state index contributed by atoms with van der Waals surface area (Å²) in [5.74, 6) is 1.32. The van der Waals surface area contributed by atoms with Gasteiger partial charge in [-0.05, 0) is 51.4 Å². The molecule has 0 radical (unpaired) electrons. The van der Waals surface area contributed by atoms with Crippen LogP contribution in [-0.2, 0) is 17.4 Å². The topological polar surface area (TPSA) is 109 Å². The number of halogens is 3. The number of likely N-dealkylation sites (N-methyl/N-ethyl adjacent to an activating group) is 1. The molecular weight excluding hydrogens is 491 g/mol. The predicted molar refractivity (Wildman–Crippen MR) is 128 cm³/mol. The number of aliphatic hydroxyl groups is 1. The molecule has 0 bridgehead atoms. The van der Waals surface area contributed by atoms with Gasteiger partial charge >= 0.3 is 6.18 Å². The Labute approximate surface area is 211 Å². The number of carbonyl (C=O) groups excluding carboxylic acids is 1. The Balaban J connectivity index is 1.11. The van der Waals surface area contributed by atoms with Gasteiger partial charge in [-0.2, -0.15) is 23.3 Å². The van der Waals surface area contributed by atoms with E-state index in [9.17, 15) is 23.1 Å². The maximum Gasteiger partial charge on any atom is 0.435 e. The van der Waals surface area contributed by atoms with Crippen molar-refractivity contribution < 1.29 is 27.8 Å². The minimum atomic E-state index is -4.50. The van der Waals surface area contributed by atoms with Gasteiger partial charge in [-0.15, -0.1) is 0 Å². The first-order valence-electron chi connectivity index (χ1n) is 12.7. The molecule has 0 saturated heterocycles. The number of ether oxygens (including phenoxy) is 1. The van der Waals surface area contributed by atoms with E-state index >= 15 is 0 Å². The fraction of sp³-hybridized carbons (Fsp3) is 0.667. The van der Waals surface area contributed by atoms with E-state index in [1.165, 1.54) is 4.68 Å². The number of nitrogens with zero attached hydrogens (tertiary/aromatic N) is 6. The van der Waals surface area contributed by atoms with Crippen molar-refractivity contribution in [2.24, 2.45) is 5.92 Å². The Morgan fingerprint density at radius 3 is 2.70 bits per heavy atom. The quantitative estimate of drug-likeness (QED) is 0.573. The Kier molecular flexibility index (Phi) is 5.55. The maximum absolute atomic E-state index is 13.1. The first kappa shape index (κ1) is 24.3. The molecule has 4 heterocycles. The fourth-order valence-corrected chi connectivity index (χ4v) is 5.38. The lowest BCUT2D eigenvalue weighted by Crippen LogP contribution is -2.64.